The van der Waals surface area contributed by atoms with Gasteiger partial charge in [-0.3, -0.25) is 4.79 Å². The Morgan fingerprint density at radius 1 is 1.22 bits per heavy atom. The van der Waals surface area contributed by atoms with Crippen LogP contribution in [0.25, 0.3) is 0 Å². The van der Waals surface area contributed by atoms with Crippen molar-refractivity contribution in [2.24, 2.45) is 0 Å². The fourth-order valence-corrected chi connectivity index (χ4v) is 1.68. The van der Waals surface area contributed by atoms with Crippen LogP contribution in [0.2, 0.25) is 0 Å². The van der Waals surface area contributed by atoms with Crippen molar-refractivity contribution in [1.29, 1.82) is 0 Å². The number of rotatable bonds is 8. The number of nitrogens with one attached hydrogen (secondary N) is 2. The Kier molecular flexibility index (Phi) is 9.82. The Morgan fingerprint density at radius 3 is 2.50 bits per heavy atom. The standard InChI is InChI=1S/C14H25ClN2O/c1-4-5-6-7-8-9-10-11-14(2,3)17-13(18)12-16-15/h16H,4-7,10-12H2,1-3H3,(H,17,18). The fraction of sp³-hybridized carbons (Fsp3) is 0.786. The quantitative estimate of drug-likeness (QED) is 0.405. The molecule has 0 unspecified atom stereocenters. The third-order valence-electron chi connectivity index (χ3n) is 2.61. The van der Waals surface area contributed by atoms with E-state index in [1.165, 1.54) is 19.3 Å². The molecule has 0 aromatic rings. The number of carbonyl (C=O) groups excluding carboxylic acids is 1. The summed E-state index contributed by atoms with van der Waals surface area (Å²) < 4.78 is 0. The molecule has 0 aliphatic heterocycles. The third kappa shape index (κ3) is 10.4. The molecule has 0 aromatic heterocycles. The average Bonchev–Trinajstić information content (AvgIpc) is 2.27. The molecule has 4 heteroatoms. The van der Waals surface area contributed by atoms with E-state index in [9.17, 15) is 4.79 Å². The molecule has 0 aliphatic rings. The number of amides is 1. The highest BCUT2D eigenvalue weighted by Crippen LogP contribution is 2.10. The SMILES string of the molecule is CCCCCC#CCCC(C)(C)NC(=O)CNCl. The van der Waals surface area contributed by atoms with Crippen molar-refractivity contribution in [2.75, 3.05) is 6.54 Å². The van der Waals surface area contributed by atoms with Crippen molar-refractivity contribution in [2.45, 2.75) is 64.8 Å². The van der Waals surface area contributed by atoms with E-state index >= 15 is 0 Å². The molecule has 0 saturated carbocycles. The summed E-state index contributed by atoms with van der Waals surface area (Å²) in [5, 5.41) is 2.91. The Balaban J connectivity index is 3.78. The number of hydrogen-bond donors (Lipinski definition) is 2. The van der Waals surface area contributed by atoms with Gasteiger partial charge in [0.1, 0.15) is 0 Å². The zero-order valence-corrected chi connectivity index (χ0v) is 12.5. The van der Waals surface area contributed by atoms with E-state index in [4.69, 9.17) is 11.8 Å². The number of carbonyl (C=O) groups is 1. The Hall–Kier alpha value is -0.720. The van der Waals surface area contributed by atoms with Crippen molar-refractivity contribution >= 4 is 17.7 Å². The second-order valence-corrected chi connectivity index (χ2v) is 5.32. The molecule has 18 heavy (non-hydrogen) atoms. The van der Waals surface area contributed by atoms with Gasteiger partial charge in [0.2, 0.25) is 5.91 Å². The molecule has 0 bridgehead atoms. The van der Waals surface area contributed by atoms with Crippen LogP contribution in [0, 0.1) is 11.8 Å². The van der Waals surface area contributed by atoms with Gasteiger partial charge in [-0.2, -0.15) is 0 Å². The topological polar surface area (TPSA) is 41.1 Å². The molecule has 3 nitrogen and oxygen atoms in total. The first kappa shape index (κ1) is 17.3. The molecule has 104 valence electrons. The maximum absolute atomic E-state index is 11.4. The minimum atomic E-state index is -0.233. The highest BCUT2D eigenvalue weighted by molar-refractivity contribution is 6.14. The monoisotopic (exact) mass is 272 g/mol. The summed E-state index contributed by atoms with van der Waals surface area (Å²) >= 11 is 5.28. The number of unbranched alkanes of at least 4 members (excludes halogenated alkanes) is 3. The van der Waals surface area contributed by atoms with Crippen LogP contribution in [0.4, 0.5) is 0 Å². The number of hydrogen-bond acceptors (Lipinski definition) is 2. The van der Waals surface area contributed by atoms with Gasteiger partial charge >= 0.3 is 0 Å². The second-order valence-electron chi connectivity index (χ2n) is 5.05. The van der Waals surface area contributed by atoms with E-state index in [0.717, 1.165) is 19.3 Å². The maximum Gasteiger partial charge on any atom is 0.235 e. The van der Waals surface area contributed by atoms with Gasteiger partial charge in [0, 0.05) is 18.4 Å². The van der Waals surface area contributed by atoms with Gasteiger partial charge in [0.15, 0.2) is 0 Å². The molecule has 2 N–H and O–H groups in total. The van der Waals surface area contributed by atoms with Crippen LogP contribution in [0.5, 0.6) is 0 Å². The summed E-state index contributed by atoms with van der Waals surface area (Å²) in [5.41, 5.74) is -0.233. The van der Waals surface area contributed by atoms with Crippen LogP contribution in [0.15, 0.2) is 0 Å². The first-order chi connectivity index (χ1) is 8.52. The maximum atomic E-state index is 11.4. The molecule has 0 fully saturated rings. The van der Waals surface area contributed by atoms with E-state index in [-0.39, 0.29) is 18.0 Å². The van der Waals surface area contributed by atoms with Gasteiger partial charge in [-0.1, -0.05) is 19.8 Å². The minimum Gasteiger partial charge on any atom is -0.350 e. The largest absolute Gasteiger partial charge is 0.350 e. The van der Waals surface area contributed by atoms with E-state index in [0.29, 0.717) is 0 Å². The number of halogens is 1. The first-order valence-electron chi connectivity index (χ1n) is 6.62. The Bertz CT molecular complexity index is 292. The summed E-state index contributed by atoms with van der Waals surface area (Å²) in [4.78, 5) is 13.7. The normalized spacial score (nSPS) is 10.7. The van der Waals surface area contributed by atoms with Crippen LogP contribution in [-0.2, 0) is 4.79 Å². The van der Waals surface area contributed by atoms with Crippen LogP contribution >= 0.6 is 11.8 Å². The minimum absolute atomic E-state index is 0.0918. The lowest BCUT2D eigenvalue weighted by Gasteiger charge is -2.25. The van der Waals surface area contributed by atoms with Gasteiger partial charge in [-0.25, -0.2) is 4.84 Å². The highest BCUT2D eigenvalue weighted by atomic mass is 35.5. The predicted octanol–water partition coefficient (Wildman–Crippen LogP) is 2.99. The molecule has 0 saturated heterocycles. The third-order valence-corrected chi connectivity index (χ3v) is 2.74. The molecule has 0 aromatic carbocycles. The summed E-state index contributed by atoms with van der Waals surface area (Å²) in [6.07, 6.45) is 6.31. The van der Waals surface area contributed by atoms with Crippen LogP contribution in [0.1, 0.15) is 59.3 Å². The zero-order valence-electron chi connectivity index (χ0n) is 11.7. The lowest BCUT2D eigenvalue weighted by Crippen LogP contribution is -2.45. The van der Waals surface area contributed by atoms with Gasteiger partial charge in [-0.05, 0) is 38.5 Å². The van der Waals surface area contributed by atoms with Crippen LogP contribution in [0.3, 0.4) is 0 Å². The summed E-state index contributed by atoms with van der Waals surface area (Å²) in [6.45, 7) is 6.32. The van der Waals surface area contributed by atoms with Crippen molar-refractivity contribution in [3.05, 3.63) is 0 Å². The second kappa shape index (κ2) is 10.2. The molecule has 0 rings (SSSR count). The first-order valence-corrected chi connectivity index (χ1v) is 7.00. The van der Waals surface area contributed by atoms with E-state index in [2.05, 4.69) is 28.9 Å². The Labute approximate surface area is 116 Å². The van der Waals surface area contributed by atoms with Crippen LogP contribution in [-0.4, -0.2) is 18.0 Å². The zero-order chi connectivity index (χ0) is 13.9. The molecule has 0 atom stereocenters. The summed E-state index contributed by atoms with van der Waals surface area (Å²) in [7, 11) is 0. The van der Waals surface area contributed by atoms with E-state index < -0.39 is 0 Å². The summed E-state index contributed by atoms with van der Waals surface area (Å²) in [5.74, 6) is 6.25. The van der Waals surface area contributed by atoms with Crippen LogP contribution < -0.4 is 10.2 Å². The fourth-order valence-electron chi connectivity index (χ4n) is 1.56. The lowest BCUT2D eigenvalue weighted by atomic mass is 9.98. The molecule has 1 amide bonds. The average molecular weight is 273 g/mol. The lowest BCUT2D eigenvalue weighted by molar-refractivity contribution is -0.121. The Morgan fingerprint density at radius 2 is 1.89 bits per heavy atom. The molecule has 0 spiro atoms. The van der Waals surface area contributed by atoms with E-state index in [1.807, 2.05) is 13.8 Å². The van der Waals surface area contributed by atoms with Gasteiger partial charge in [-0.15, -0.1) is 11.8 Å². The molecular weight excluding hydrogens is 248 g/mol. The van der Waals surface area contributed by atoms with Crippen molar-refractivity contribution in [1.82, 2.24) is 10.2 Å². The molecule has 0 aliphatic carbocycles. The van der Waals surface area contributed by atoms with Crippen molar-refractivity contribution in [3.8, 4) is 11.8 Å². The molecule has 0 heterocycles. The molecular formula is C14H25ClN2O. The summed E-state index contributed by atoms with van der Waals surface area (Å²) in [6, 6.07) is 0. The van der Waals surface area contributed by atoms with Crippen molar-refractivity contribution in [3.63, 3.8) is 0 Å². The van der Waals surface area contributed by atoms with Gasteiger partial charge in [0.25, 0.3) is 0 Å². The van der Waals surface area contributed by atoms with Gasteiger partial charge < -0.3 is 5.32 Å². The van der Waals surface area contributed by atoms with Gasteiger partial charge in [0.05, 0.1) is 6.54 Å². The smallest absolute Gasteiger partial charge is 0.235 e. The molecule has 0 radical (unpaired) electrons. The van der Waals surface area contributed by atoms with Crippen molar-refractivity contribution < 1.29 is 4.79 Å². The predicted molar refractivity (Wildman–Crippen MR) is 77.2 cm³/mol. The van der Waals surface area contributed by atoms with E-state index in [1.54, 1.807) is 0 Å². The highest BCUT2D eigenvalue weighted by Gasteiger charge is 2.18.